The minimum absolute atomic E-state index is 0.224. The zero-order valence-electron chi connectivity index (χ0n) is 48.5. The molecule has 2 aromatic heterocycles. The van der Waals surface area contributed by atoms with Crippen LogP contribution in [0.1, 0.15) is 189 Å². The van der Waals surface area contributed by atoms with Crippen LogP contribution in [0.3, 0.4) is 0 Å². The fraction of sp³-hybridized carbons (Fsp3) is 0.457. The summed E-state index contributed by atoms with van der Waals surface area (Å²) in [5, 5.41) is 0. The first-order chi connectivity index (χ1) is 32.7. The fourth-order valence-electron chi connectivity index (χ4n) is 5.66. The summed E-state index contributed by atoms with van der Waals surface area (Å²) < 4.78 is 0. The number of hydrogen-bond acceptors (Lipinski definition) is 2. The van der Waals surface area contributed by atoms with E-state index in [9.17, 15) is 0 Å². The monoisotopic (exact) mass is 949 g/mol. The second kappa shape index (κ2) is 23.8. The molecule has 0 spiro atoms. The van der Waals surface area contributed by atoms with Gasteiger partial charge in [-0.15, -0.1) is 12.8 Å². The van der Waals surface area contributed by atoms with Crippen LogP contribution in [0.25, 0.3) is 0 Å². The molecule has 2 aromatic rings. The third-order valence-corrected chi connectivity index (χ3v) is 10.5. The van der Waals surface area contributed by atoms with Gasteiger partial charge in [-0.05, 0) is 71.6 Å². The zero-order chi connectivity index (χ0) is 55.3. The van der Waals surface area contributed by atoms with Crippen LogP contribution in [-0.2, 0) is 0 Å². The van der Waals surface area contributed by atoms with E-state index in [1.54, 1.807) is 0 Å². The lowest BCUT2D eigenvalue weighted by Gasteiger charge is -2.20. The molecule has 0 amide bonds. The lowest BCUT2D eigenvalue weighted by Crippen LogP contribution is -2.11. The van der Waals surface area contributed by atoms with Crippen molar-refractivity contribution in [2.75, 3.05) is 0 Å². The highest BCUT2D eigenvalue weighted by Crippen LogP contribution is 2.32. The summed E-state index contributed by atoms with van der Waals surface area (Å²) in [6, 6.07) is 11.4. The van der Waals surface area contributed by atoms with Gasteiger partial charge in [-0.25, -0.2) is 9.97 Å². The predicted octanol–water partition coefficient (Wildman–Crippen LogP) is 16.0. The Bertz CT molecular complexity index is 2970. The Hall–Kier alpha value is -7.14. The quantitative estimate of drug-likeness (QED) is 0.194. The summed E-state index contributed by atoms with van der Waals surface area (Å²) in [6.45, 7) is 50.6. The van der Waals surface area contributed by atoms with Gasteiger partial charge in [-0.2, -0.15) is 0 Å². The van der Waals surface area contributed by atoms with Gasteiger partial charge in [0.1, 0.15) is 22.8 Å². The Balaban J connectivity index is 2.83. The minimum atomic E-state index is -0.339. The molecular formula is C70H80N2. The van der Waals surface area contributed by atoms with Gasteiger partial charge in [0.15, 0.2) is 0 Å². The number of terminal acetylenes is 2. The van der Waals surface area contributed by atoms with Crippen LogP contribution in [0.4, 0.5) is 0 Å². The molecule has 2 heteroatoms. The van der Waals surface area contributed by atoms with Crippen molar-refractivity contribution in [2.24, 2.45) is 43.3 Å². The van der Waals surface area contributed by atoms with E-state index in [0.29, 0.717) is 22.8 Å². The molecule has 2 heterocycles. The summed E-state index contributed by atoms with van der Waals surface area (Å²) in [4.78, 5) is 9.58. The lowest BCUT2D eigenvalue weighted by atomic mass is 9.82. The molecule has 0 bridgehead atoms. The van der Waals surface area contributed by atoms with E-state index in [-0.39, 0.29) is 43.3 Å². The second-order valence-electron chi connectivity index (χ2n) is 26.1. The van der Waals surface area contributed by atoms with Gasteiger partial charge in [0.2, 0.25) is 0 Å². The molecule has 0 radical (unpaired) electrons. The maximum Gasteiger partial charge on any atom is 0.115 e. The van der Waals surface area contributed by atoms with Crippen LogP contribution in [0.15, 0.2) is 104 Å². The smallest absolute Gasteiger partial charge is 0.115 e. The minimum Gasteiger partial charge on any atom is -0.231 e. The molecule has 0 aliphatic heterocycles. The molecule has 0 N–H and O–H groups in total. The fourth-order valence-corrected chi connectivity index (χ4v) is 5.66. The first-order valence-corrected chi connectivity index (χ1v) is 24.7. The topological polar surface area (TPSA) is 25.8 Å². The van der Waals surface area contributed by atoms with Crippen molar-refractivity contribution in [3.8, 4) is 95.7 Å². The van der Waals surface area contributed by atoms with E-state index in [4.69, 9.17) is 22.8 Å². The summed E-state index contributed by atoms with van der Waals surface area (Å²) in [7, 11) is 0. The Morgan fingerprint density at radius 1 is 0.292 bits per heavy atom. The molecule has 0 aliphatic carbocycles. The molecule has 370 valence electrons. The van der Waals surface area contributed by atoms with Crippen molar-refractivity contribution in [3.63, 3.8) is 0 Å². The molecular weight excluding hydrogens is 869 g/mol. The van der Waals surface area contributed by atoms with Crippen LogP contribution in [0.2, 0.25) is 0 Å². The Morgan fingerprint density at radius 2 is 0.472 bits per heavy atom. The van der Waals surface area contributed by atoms with Gasteiger partial charge in [0, 0.05) is 54.5 Å². The normalized spacial score (nSPS) is 11.2. The Labute approximate surface area is 439 Å². The molecule has 0 fully saturated rings. The number of allylic oxidation sites excluding steroid dienone is 4. The van der Waals surface area contributed by atoms with Crippen molar-refractivity contribution in [1.29, 1.82) is 0 Å². The summed E-state index contributed by atoms with van der Waals surface area (Å²) in [5.74, 6) is 45.1. The van der Waals surface area contributed by atoms with Gasteiger partial charge in [-0.1, -0.05) is 237 Å². The number of aromatic nitrogens is 2. The summed E-state index contributed by atoms with van der Waals surface area (Å²) in [6.07, 6.45) is 11.8. The average Bonchev–Trinajstić information content (AvgIpc) is 3.20. The maximum atomic E-state index is 5.88. The molecule has 0 aromatic carbocycles. The van der Waals surface area contributed by atoms with Crippen molar-refractivity contribution in [1.82, 2.24) is 9.97 Å². The highest BCUT2D eigenvalue weighted by atomic mass is 14.7. The first-order valence-electron chi connectivity index (χ1n) is 24.7. The third-order valence-electron chi connectivity index (χ3n) is 10.5. The van der Waals surface area contributed by atoms with Crippen molar-refractivity contribution in [2.45, 2.75) is 166 Å². The first kappa shape index (κ1) is 61.0. The average molecular weight is 949 g/mol. The second-order valence-corrected chi connectivity index (χ2v) is 26.1. The van der Waals surface area contributed by atoms with Crippen LogP contribution in [0, 0.1) is 139 Å². The number of nitrogens with zero attached hydrogens (tertiary/aromatic N) is 2. The van der Waals surface area contributed by atoms with Crippen molar-refractivity contribution < 1.29 is 0 Å². The largest absolute Gasteiger partial charge is 0.231 e. The van der Waals surface area contributed by atoms with Gasteiger partial charge in [-0.3, -0.25) is 0 Å². The van der Waals surface area contributed by atoms with Gasteiger partial charge >= 0.3 is 0 Å². The molecule has 0 aliphatic rings. The Morgan fingerprint density at radius 3 is 0.653 bits per heavy atom. The van der Waals surface area contributed by atoms with Crippen LogP contribution in [-0.4, -0.2) is 9.97 Å². The third kappa shape index (κ3) is 20.7. The predicted molar refractivity (Wildman–Crippen MR) is 307 cm³/mol. The van der Waals surface area contributed by atoms with Gasteiger partial charge in [0.05, 0.1) is 33.4 Å². The number of hydrogen-bond donors (Lipinski definition) is 0. The molecule has 0 unspecified atom stereocenters. The summed E-state index contributed by atoms with van der Waals surface area (Å²) in [5.41, 5.74) is 20.6. The van der Waals surface area contributed by atoms with E-state index in [1.807, 2.05) is 36.4 Å². The Kier molecular flexibility index (Phi) is 20.2. The highest BCUT2D eigenvalue weighted by Gasteiger charge is 2.23. The van der Waals surface area contributed by atoms with Crippen LogP contribution < -0.4 is 0 Å². The molecule has 0 saturated carbocycles. The molecule has 2 nitrogen and oxygen atoms in total. The molecule has 0 saturated heterocycles. The van der Waals surface area contributed by atoms with E-state index in [1.165, 1.54) is 0 Å². The molecule has 72 heavy (non-hydrogen) atoms. The highest BCUT2D eigenvalue weighted by molar-refractivity contribution is 5.51. The number of rotatable bonds is 0. The molecule has 0 atom stereocenters. The molecule has 2 rings (SSSR count). The van der Waals surface area contributed by atoms with Crippen molar-refractivity contribution in [3.05, 3.63) is 127 Å². The van der Waals surface area contributed by atoms with Gasteiger partial charge in [0.25, 0.3) is 0 Å². The van der Waals surface area contributed by atoms with E-state index < -0.39 is 0 Å². The zero-order valence-corrected chi connectivity index (χ0v) is 48.5. The maximum absolute atomic E-state index is 5.88. The SMILES string of the molecule is C#CC(=C=C(C#Cc1cccc(C#CC(=C=C(C#CC#CC(=C=C(C#Cc2cccc(C#CC(=C=C(C#C)C(C)(C)C)C(C)(C)C)n2)C(C)(C)C)C(C)(C)C)C(C)(C)C)C(C)(C)C)n1)C(C)(C)C)C(C)(C)C. The van der Waals surface area contributed by atoms with Crippen molar-refractivity contribution >= 4 is 0 Å². The summed E-state index contributed by atoms with van der Waals surface area (Å²) >= 11 is 0. The lowest BCUT2D eigenvalue weighted by molar-refractivity contribution is 0.508. The van der Waals surface area contributed by atoms with E-state index in [0.717, 1.165) is 44.6 Å². The number of pyridine rings is 2. The van der Waals surface area contributed by atoms with E-state index >= 15 is 0 Å². The van der Waals surface area contributed by atoms with E-state index in [2.05, 4.69) is 272 Å². The van der Waals surface area contributed by atoms with Crippen LogP contribution in [0.5, 0.6) is 0 Å². The standard InChI is InChI=1S/C70H80N2/c1-27-51(63(3,4)5)47-55(67(15,16)17)39-43-59-35-31-37-61(71-59)45-41-57(69(21,22)23)49-53(65(9,10)11)33-29-30-34-54(66(12,13)14)50-58(70(24,25)26)42-46-62-38-32-36-60(72-62)44-40-56(68(18,19)20)48-52(28-2)64(6,7)8/h1-2,31-32,35-38H,3-26H3. The van der Waals surface area contributed by atoms with Gasteiger partial charge < -0.3 is 0 Å². The van der Waals surface area contributed by atoms with Crippen LogP contribution >= 0.6 is 0 Å².